The Morgan fingerprint density at radius 2 is 2.36 bits per heavy atom. The molecule has 0 aliphatic carbocycles. The molecule has 0 fully saturated rings. The van der Waals surface area contributed by atoms with Crippen molar-refractivity contribution >= 4 is 0 Å². The van der Waals surface area contributed by atoms with E-state index in [-0.39, 0.29) is 0 Å². The lowest BCUT2D eigenvalue weighted by molar-refractivity contribution is 0.471. The quantitative estimate of drug-likeness (QED) is 0.554. The minimum Gasteiger partial charge on any atom is -0.249 e. The second-order valence-corrected chi connectivity index (χ2v) is 2.65. The monoisotopic (exact) mass is 149 g/mol. The molecule has 0 aromatic carbocycles. The lowest BCUT2D eigenvalue weighted by Gasteiger charge is -1.97. The van der Waals surface area contributed by atoms with Gasteiger partial charge in [0, 0.05) is 6.42 Å². The van der Waals surface area contributed by atoms with Gasteiger partial charge in [0.05, 0.1) is 19.2 Å². The van der Waals surface area contributed by atoms with Crippen molar-refractivity contribution in [3.05, 3.63) is 28.4 Å². The molecule has 1 heterocycles. The SMILES string of the molecule is C#[N+]C1=C(C=CC)CCN1C. The predicted molar refractivity (Wildman–Crippen MR) is 47.4 cm³/mol. The Kier molecular flexibility index (Phi) is 2.32. The van der Waals surface area contributed by atoms with Gasteiger partial charge in [0.25, 0.3) is 0 Å². The first-order valence-corrected chi connectivity index (χ1v) is 3.77. The normalized spacial score (nSPS) is 18.1. The summed E-state index contributed by atoms with van der Waals surface area (Å²) in [6.07, 6.45) is 5.13. The zero-order valence-corrected chi connectivity index (χ0v) is 7.04. The van der Waals surface area contributed by atoms with Gasteiger partial charge in [0.2, 0.25) is 0 Å². The predicted octanol–water partition coefficient (Wildman–Crippen LogP) is 2.07. The molecule has 0 bridgehead atoms. The molecular formula is C9H13N2+. The summed E-state index contributed by atoms with van der Waals surface area (Å²) in [5, 5.41) is 0. The Balaban J connectivity index is 2.91. The molecule has 0 aromatic rings. The van der Waals surface area contributed by atoms with E-state index in [4.69, 9.17) is 6.57 Å². The van der Waals surface area contributed by atoms with Crippen LogP contribution in [0.3, 0.4) is 0 Å². The molecule has 58 valence electrons. The van der Waals surface area contributed by atoms with Crippen LogP contribution in [0.2, 0.25) is 0 Å². The molecule has 0 spiro atoms. The van der Waals surface area contributed by atoms with Crippen LogP contribution in [0.4, 0.5) is 0 Å². The molecule has 0 atom stereocenters. The van der Waals surface area contributed by atoms with E-state index < -0.39 is 0 Å². The second-order valence-electron chi connectivity index (χ2n) is 2.65. The average Bonchev–Trinajstić information content (AvgIpc) is 2.33. The minimum atomic E-state index is 0.920. The molecule has 0 saturated heterocycles. The number of hydrogen-bond acceptors (Lipinski definition) is 1. The maximum Gasteiger partial charge on any atom is 0.383 e. The van der Waals surface area contributed by atoms with Gasteiger partial charge in [-0.1, -0.05) is 12.2 Å². The van der Waals surface area contributed by atoms with Crippen LogP contribution in [-0.4, -0.2) is 18.5 Å². The summed E-state index contributed by atoms with van der Waals surface area (Å²) in [4.78, 5) is 5.79. The first-order valence-electron chi connectivity index (χ1n) is 3.77. The third-order valence-corrected chi connectivity index (χ3v) is 1.86. The largest absolute Gasteiger partial charge is 0.383 e. The Labute approximate surface area is 67.6 Å². The molecule has 0 radical (unpaired) electrons. The van der Waals surface area contributed by atoms with Gasteiger partial charge in [-0.3, -0.25) is 0 Å². The van der Waals surface area contributed by atoms with Crippen molar-refractivity contribution < 1.29 is 0 Å². The van der Waals surface area contributed by atoms with E-state index in [0.717, 1.165) is 18.8 Å². The number of rotatable bonds is 1. The van der Waals surface area contributed by atoms with Crippen LogP contribution in [0.5, 0.6) is 0 Å². The van der Waals surface area contributed by atoms with Gasteiger partial charge < -0.3 is 0 Å². The van der Waals surface area contributed by atoms with Crippen LogP contribution in [0.25, 0.3) is 4.85 Å². The summed E-state index contributed by atoms with van der Waals surface area (Å²) in [7, 11) is 2.00. The Hall–Kier alpha value is -1.23. The summed E-state index contributed by atoms with van der Waals surface area (Å²) in [5.74, 6) is 0.920. The van der Waals surface area contributed by atoms with E-state index in [1.807, 2.05) is 20.0 Å². The lowest BCUT2D eigenvalue weighted by Crippen LogP contribution is -2.10. The first kappa shape index (κ1) is 7.87. The van der Waals surface area contributed by atoms with Crippen molar-refractivity contribution in [1.29, 1.82) is 0 Å². The first-order chi connectivity index (χ1) is 5.29. The third kappa shape index (κ3) is 1.43. The highest BCUT2D eigenvalue weighted by atomic mass is 15.2. The Bertz CT molecular complexity index is 243. The zero-order valence-electron chi connectivity index (χ0n) is 7.04. The summed E-state index contributed by atoms with van der Waals surface area (Å²) in [6.45, 7) is 8.26. The smallest absolute Gasteiger partial charge is 0.249 e. The molecule has 0 aromatic heterocycles. The van der Waals surface area contributed by atoms with Crippen LogP contribution in [0.15, 0.2) is 23.5 Å². The molecule has 11 heavy (non-hydrogen) atoms. The zero-order chi connectivity index (χ0) is 8.27. The van der Waals surface area contributed by atoms with Gasteiger partial charge in [0.15, 0.2) is 0 Å². The van der Waals surface area contributed by atoms with Crippen molar-refractivity contribution in [2.75, 3.05) is 13.6 Å². The second kappa shape index (κ2) is 3.25. The number of nitrogens with zero attached hydrogens (tertiary/aromatic N) is 2. The van der Waals surface area contributed by atoms with E-state index in [0.29, 0.717) is 0 Å². The lowest BCUT2D eigenvalue weighted by atomic mass is 10.2. The van der Waals surface area contributed by atoms with E-state index >= 15 is 0 Å². The van der Waals surface area contributed by atoms with Crippen LogP contribution < -0.4 is 0 Å². The average molecular weight is 149 g/mol. The van der Waals surface area contributed by atoms with E-state index in [1.54, 1.807) is 0 Å². The highest BCUT2D eigenvalue weighted by molar-refractivity contribution is 5.32. The third-order valence-electron chi connectivity index (χ3n) is 1.86. The van der Waals surface area contributed by atoms with Crippen LogP contribution in [-0.2, 0) is 0 Å². The fourth-order valence-electron chi connectivity index (χ4n) is 1.29. The van der Waals surface area contributed by atoms with E-state index in [2.05, 4.69) is 15.8 Å². The van der Waals surface area contributed by atoms with Gasteiger partial charge in [-0.2, -0.15) is 4.85 Å². The van der Waals surface area contributed by atoms with Crippen LogP contribution >= 0.6 is 0 Å². The van der Waals surface area contributed by atoms with Gasteiger partial charge in [-0.15, -0.1) is 0 Å². The Morgan fingerprint density at radius 1 is 1.64 bits per heavy atom. The standard InChI is InChI=1S/C9H13N2/c1-4-5-8-6-7-11(3)9(8)10-2/h2,4-5H,6-7H2,1,3H3/q+1. The van der Waals surface area contributed by atoms with Crippen molar-refractivity contribution in [2.24, 2.45) is 0 Å². The Morgan fingerprint density at radius 3 is 2.91 bits per heavy atom. The van der Waals surface area contributed by atoms with Crippen molar-refractivity contribution in [1.82, 2.24) is 4.90 Å². The summed E-state index contributed by atoms with van der Waals surface area (Å²) in [6, 6.07) is 0. The molecule has 0 saturated carbocycles. The van der Waals surface area contributed by atoms with Crippen LogP contribution in [0, 0.1) is 6.57 Å². The topological polar surface area (TPSA) is 7.60 Å². The molecular weight excluding hydrogens is 136 g/mol. The maximum atomic E-state index is 5.24. The van der Waals surface area contributed by atoms with Gasteiger partial charge >= 0.3 is 5.82 Å². The molecule has 0 unspecified atom stereocenters. The van der Waals surface area contributed by atoms with E-state index in [1.165, 1.54) is 5.57 Å². The van der Waals surface area contributed by atoms with Gasteiger partial charge in [-0.05, 0) is 6.92 Å². The molecule has 0 N–H and O–H groups in total. The highest BCUT2D eigenvalue weighted by Crippen LogP contribution is 2.22. The van der Waals surface area contributed by atoms with E-state index in [9.17, 15) is 0 Å². The van der Waals surface area contributed by atoms with Gasteiger partial charge in [-0.25, -0.2) is 4.90 Å². The van der Waals surface area contributed by atoms with Crippen molar-refractivity contribution in [3.8, 4) is 6.57 Å². The molecule has 1 aliphatic heterocycles. The van der Waals surface area contributed by atoms with Gasteiger partial charge in [0.1, 0.15) is 6.57 Å². The van der Waals surface area contributed by atoms with Crippen molar-refractivity contribution in [3.63, 3.8) is 0 Å². The summed E-state index contributed by atoms with van der Waals surface area (Å²) in [5.41, 5.74) is 1.23. The fourth-order valence-corrected chi connectivity index (χ4v) is 1.29. The maximum absolute atomic E-state index is 5.24. The molecule has 0 amide bonds. The number of allylic oxidation sites excluding steroid dienone is 2. The molecule has 1 aliphatic rings. The molecule has 1 rings (SSSR count). The number of hydrogen-bond donors (Lipinski definition) is 0. The summed E-state index contributed by atoms with van der Waals surface area (Å²) < 4.78 is 0. The molecule has 2 nitrogen and oxygen atoms in total. The highest BCUT2D eigenvalue weighted by Gasteiger charge is 2.25. The van der Waals surface area contributed by atoms with Crippen molar-refractivity contribution in [2.45, 2.75) is 13.3 Å². The fraction of sp³-hybridized carbons (Fsp3) is 0.444. The van der Waals surface area contributed by atoms with Crippen LogP contribution in [0.1, 0.15) is 13.3 Å². The molecule has 2 heteroatoms. The minimum absolute atomic E-state index is 0.920. The summed E-state index contributed by atoms with van der Waals surface area (Å²) >= 11 is 0.